The highest BCUT2D eigenvalue weighted by atomic mass is 32.2. The van der Waals surface area contributed by atoms with Crippen molar-refractivity contribution in [2.75, 3.05) is 13.2 Å². The van der Waals surface area contributed by atoms with Gasteiger partial charge in [-0.1, -0.05) is 0 Å². The van der Waals surface area contributed by atoms with Crippen LogP contribution in [0.25, 0.3) is 0 Å². The fourth-order valence-corrected chi connectivity index (χ4v) is 3.82. The average molecular weight is 415 g/mol. The minimum atomic E-state index is -4.13. The topological polar surface area (TPSA) is 125 Å². The predicted octanol–water partition coefficient (Wildman–Crippen LogP) is 1.13. The molecule has 1 aromatic carbocycles. The van der Waals surface area contributed by atoms with Gasteiger partial charge in [-0.3, -0.25) is 9.59 Å². The third-order valence-corrected chi connectivity index (χ3v) is 5.70. The molecule has 0 saturated heterocycles. The summed E-state index contributed by atoms with van der Waals surface area (Å²) in [6.07, 6.45) is 2.35. The van der Waals surface area contributed by atoms with Crippen LogP contribution in [0.4, 0.5) is 8.78 Å². The molecule has 1 saturated carbocycles. The monoisotopic (exact) mass is 415 g/mol. The van der Waals surface area contributed by atoms with Gasteiger partial charge in [-0.25, -0.2) is 21.9 Å². The molecular weight excluding hydrogens is 396 g/mol. The fraction of sp³-hybridized carbons (Fsp3) is 0.471. The van der Waals surface area contributed by atoms with Crippen molar-refractivity contribution in [3.63, 3.8) is 0 Å². The fourth-order valence-electron chi connectivity index (χ4n) is 2.78. The molecular formula is C17H19F2N3O5S. The lowest BCUT2D eigenvalue weighted by Crippen LogP contribution is -2.46. The van der Waals surface area contributed by atoms with E-state index in [0.29, 0.717) is 25.0 Å². The number of rotatable bonds is 8. The van der Waals surface area contributed by atoms with Gasteiger partial charge in [0, 0.05) is 6.54 Å². The van der Waals surface area contributed by atoms with Crippen LogP contribution in [-0.4, -0.2) is 39.0 Å². The molecule has 152 valence electrons. The van der Waals surface area contributed by atoms with Crippen LogP contribution in [0.1, 0.15) is 32.1 Å². The molecule has 8 nitrogen and oxygen atoms in total. The van der Waals surface area contributed by atoms with Crippen LogP contribution in [0.15, 0.2) is 23.1 Å². The quantitative estimate of drug-likeness (QED) is 0.613. The van der Waals surface area contributed by atoms with E-state index in [1.807, 2.05) is 0 Å². The van der Waals surface area contributed by atoms with Crippen molar-refractivity contribution in [1.29, 1.82) is 5.26 Å². The molecule has 0 aromatic heterocycles. The maximum atomic E-state index is 13.1. The zero-order valence-corrected chi connectivity index (χ0v) is 15.7. The Morgan fingerprint density at radius 3 is 2.50 bits per heavy atom. The molecule has 1 aliphatic rings. The van der Waals surface area contributed by atoms with Crippen LogP contribution in [0, 0.1) is 23.0 Å². The summed E-state index contributed by atoms with van der Waals surface area (Å²) in [5.74, 6) is -3.94. The van der Waals surface area contributed by atoms with Gasteiger partial charge in [0.2, 0.25) is 10.0 Å². The number of nitriles is 1. The highest BCUT2D eigenvalue weighted by Gasteiger charge is 2.35. The number of sulfonamides is 1. The molecule has 0 unspecified atom stereocenters. The number of amides is 1. The molecule has 2 N–H and O–H groups in total. The summed E-state index contributed by atoms with van der Waals surface area (Å²) in [6, 6.07) is 4.15. The second-order valence-corrected chi connectivity index (χ2v) is 8.10. The van der Waals surface area contributed by atoms with Gasteiger partial charge in [0.25, 0.3) is 5.91 Å². The van der Waals surface area contributed by atoms with Crippen molar-refractivity contribution in [2.45, 2.75) is 42.5 Å². The van der Waals surface area contributed by atoms with Gasteiger partial charge in [0.05, 0.1) is 17.4 Å². The largest absolute Gasteiger partial charge is 0.456 e. The zero-order chi connectivity index (χ0) is 20.8. The predicted molar refractivity (Wildman–Crippen MR) is 92.1 cm³/mol. The summed E-state index contributed by atoms with van der Waals surface area (Å²) < 4.78 is 56.7. The SMILES string of the molecule is N#CC1(NC(=O)COC(=O)CCNS(=O)(=O)c2ccc(F)c(F)c2)CCCC1. The van der Waals surface area contributed by atoms with E-state index in [0.717, 1.165) is 18.9 Å². The number of ether oxygens (including phenoxy) is 1. The second kappa shape index (κ2) is 9.07. The number of benzene rings is 1. The molecule has 0 spiro atoms. The van der Waals surface area contributed by atoms with E-state index < -0.39 is 50.6 Å². The van der Waals surface area contributed by atoms with Crippen molar-refractivity contribution in [3.8, 4) is 6.07 Å². The number of carbonyl (C=O) groups is 2. The molecule has 0 aliphatic heterocycles. The minimum Gasteiger partial charge on any atom is -0.456 e. The van der Waals surface area contributed by atoms with E-state index in [4.69, 9.17) is 4.74 Å². The summed E-state index contributed by atoms with van der Waals surface area (Å²) >= 11 is 0. The molecule has 0 atom stereocenters. The highest BCUT2D eigenvalue weighted by molar-refractivity contribution is 7.89. The van der Waals surface area contributed by atoms with Gasteiger partial charge >= 0.3 is 5.97 Å². The number of nitrogens with one attached hydrogen (secondary N) is 2. The summed E-state index contributed by atoms with van der Waals surface area (Å²) in [5, 5.41) is 11.7. The van der Waals surface area contributed by atoms with Gasteiger partial charge in [0.1, 0.15) is 5.54 Å². The normalized spacial score (nSPS) is 15.6. The highest BCUT2D eigenvalue weighted by Crippen LogP contribution is 2.28. The molecule has 1 amide bonds. The van der Waals surface area contributed by atoms with Crippen LogP contribution in [0.3, 0.4) is 0 Å². The Labute approximate surface area is 160 Å². The number of nitrogens with zero attached hydrogens (tertiary/aromatic N) is 1. The van der Waals surface area contributed by atoms with Gasteiger partial charge in [0.15, 0.2) is 18.2 Å². The lowest BCUT2D eigenvalue weighted by molar-refractivity contribution is -0.148. The smallest absolute Gasteiger partial charge is 0.307 e. The van der Waals surface area contributed by atoms with Gasteiger partial charge in [-0.15, -0.1) is 0 Å². The van der Waals surface area contributed by atoms with Crippen molar-refractivity contribution in [1.82, 2.24) is 10.0 Å². The molecule has 0 bridgehead atoms. The first-order chi connectivity index (χ1) is 13.2. The van der Waals surface area contributed by atoms with E-state index in [2.05, 4.69) is 16.1 Å². The maximum absolute atomic E-state index is 13.1. The molecule has 1 fully saturated rings. The number of hydrogen-bond donors (Lipinski definition) is 2. The summed E-state index contributed by atoms with van der Waals surface area (Å²) in [4.78, 5) is 23.0. The third-order valence-electron chi connectivity index (χ3n) is 4.24. The number of carbonyl (C=O) groups excluding carboxylic acids is 2. The van der Waals surface area contributed by atoms with E-state index >= 15 is 0 Å². The molecule has 1 aliphatic carbocycles. The minimum absolute atomic E-state index is 0.357. The lowest BCUT2D eigenvalue weighted by Gasteiger charge is -2.21. The third kappa shape index (κ3) is 5.71. The number of halogens is 2. The maximum Gasteiger partial charge on any atom is 0.307 e. The Balaban J connectivity index is 1.75. The van der Waals surface area contributed by atoms with Crippen LogP contribution in [0.5, 0.6) is 0 Å². The first-order valence-corrected chi connectivity index (χ1v) is 9.98. The van der Waals surface area contributed by atoms with Crippen molar-refractivity contribution in [2.24, 2.45) is 0 Å². The Hall–Kier alpha value is -2.58. The van der Waals surface area contributed by atoms with E-state index in [1.165, 1.54) is 0 Å². The van der Waals surface area contributed by atoms with Crippen molar-refractivity contribution >= 4 is 21.9 Å². The second-order valence-electron chi connectivity index (χ2n) is 6.33. The summed E-state index contributed by atoms with van der Waals surface area (Å²) in [7, 11) is -4.13. The summed E-state index contributed by atoms with van der Waals surface area (Å²) in [5.41, 5.74) is -0.927. The molecule has 0 heterocycles. The van der Waals surface area contributed by atoms with Gasteiger partial charge in [-0.05, 0) is 43.9 Å². The van der Waals surface area contributed by atoms with Gasteiger partial charge in [-0.2, -0.15) is 5.26 Å². The Morgan fingerprint density at radius 2 is 1.89 bits per heavy atom. The molecule has 11 heteroatoms. The number of esters is 1. The van der Waals surface area contributed by atoms with E-state index in [-0.39, 0.29) is 13.0 Å². The first-order valence-electron chi connectivity index (χ1n) is 8.50. The van der Waals surface area contributed by atoms with Crippen molar-refractivity contribution in [3.05, 3.63) is 29.8 Å². The zero-order valence-electron chi connectivity index (χ0n) is 14.8. The van der Waals surface area contributed by atoms with Crippen LogP contribution in [0.2, 0.25) is 0 Å². The molecule has 0 radical (unpaired) electrons. The first kappa shape index (κ1) is 21.7. The standard InChI is InChI=1S/C17H19F2N3O5S/c18-13-4-3-12(9-14(13)19)28(25,26)21-8-5-16(24)27-10-15(23)22-17(11-20)6-1-2-7-17/h3-4,9,21H,1-2,5-8,10H2,(H,22,23). The molecule has 2 rings (SSSR count). The molecule has 1 aromatic rings. The van der Waals surface area contributed by atoms with E-state index in [9.17, 15) is 32.0 Å². The average Bonchev–Trinajstić information content (AvgIpc) is 3.11. The van der Waals surface area contributed by atoms with Crippen molar-refractivity contribution < 1.29 is 31.5 Å². The Bertz CT molecular complexity index is 893. The number of hydrogen-bond acceptors (Lipinski definition) is 6. The lowest BCUT2D eigenvalue weighted by atomic mass is 10.00. The van der Waals surface area contributed by atoms with Crippen LogP contribution >= 0.6 is 0 Å². The Morgan fingerprint density at radius 1 is 1.21 bits per heavy atom. The Kier molecular flexibility index (Phi) is 7.04. The van der Waals surface area contributed by atoms with Crippen LogP contribution in [-0.2, 0) is 24.3 Å². The van der Waals surface area contributed by atoms with E-state index in [1.54, 1.807) is 0 Å². The molecule has 28 heavy (non-hydrogen) atoms. The summed E-state index contributed by atoms with van der Waals surface area (Å²) in [6.45, 7) is -0.942. The van der Waals surface area contributed by atoms with Gasteiger partial charge < -0.3 is 10.1 Å². The van der Waals surface area contributed by atoms with Crippen LogP contribution < -0.4 is 10.0 Å².